The second kappa shape index (κ2) is 9.64. The first kappa shape index (κ1) is 23.3. The van der Waals surface area contributed by atoms with Crippen molar-refractivity contribution >= 4 is 27.3 Å². The van der Waals surface area contributed by atoms with Crippen LogP contribution in [0.5, 0.6) is 5.75 Å². The van der Waals surface area contributed by atoms with Crippen LogP contribution in [0.25, 0.3) is 16.8 Å². The number of fused-ring (bicyclic) bond motifs is 1. The molecule has 0 unspecified atom stereocenters. The number of H-pyrrole nitrogens is 1. The van der Waals surface area contributed by atoms with Gasteiger partial charge in [0.2, 0.25) is 16.0 Å². The number of rotatable bonds is 8. The summed E-state index contributed by atoms with van der Waals surface area (Å²) in [6, 6.07) is 6.84. The molecule has 0 radical (unpaired) electrons. The van der Waals surface area contributed by atoms with Crippen LogP contribution in [0.15, 0.2) is 47.8 Å². The summed E-state index contributed by atoms with van der Waals surface area (Å²) < 4.78 is 36.1. The summed E-state index contributed by atoms with van der Waals surface area (Å²) >= 11 is 0. The monoisotopic (exact) mass is 496 g/mol. The molecule has 0 spiro atoms. The highest BCUT2D eigenvalue weighted by molar-refractivity contribution is 7.89. The summed E-state index contributed by atoms with van der Waals surface area (Å²) in [5.41, 5.74) is 3.80. The molecule has 0 bridgehead atoms. The molecule has 12 heteroatoms. The lowest BCUT2D eigenvalue weighted by molar-refractivity contribution is 0.343. The van der Waals surface area contributed by atoms with Crippen LogP contribution in [0.2, 0.25) is 0 Å². The lowest BCUT2D eigenvalue weighted by atomic mass is 10.1. The van der Waals surface area contributed by atoms with E-state index in [1.54, 1.807) is 35.1 Å². The molecule has 1 fully saturated rings. The van der Waals surface area contributed by atoms with E-state index in [-0.39, 0.29) is 10.9 Å². The van der Waals surface area contributed by atoms with Crippen LogP contribution in [0.1, 0.15) is 25.3 Å². The average Bonchev–Trinajstić information content (AvgIpc) is 3.51. The second-order valence-electron chi connectivity index (χ2n) is 8.43. The molecule has 5 rings (SSSR count). The van der Waals surface area contributed by atoms with Crippen molar-refractivity contribution in [3.8, 4) is 16.9 Å². The van der Waals surface area contributed by atoms with Crippen molar-refractivity contribution in [2.45, 2.75) is 37.6 Å². The highest BCUT2D eigenvalue weighted by Crippen LogP contribution is 2.33. The summed E-state index contributed by atoms with van der Waals surface area (Å²) in [4.78, 5) is 4.88. The number of pyridine rings is 1. The average molecular weight is 497 g/mol. The molecule has 0 atom stereocenters. The molecule has 3 aromatic heterocycles. The van der Waals surface area contributed by atoms with Crippen molar-refractivity contribution in [1.29, 1.82) is 0 Å². The number of aromatic amines is 1. The minimum absolute atomic E-state index is 0.0481. The van der Waals surface area contributed by atoms with E-state index < -0.39 is 10.0 Å². The van der Waals surface area contributed by atoms with Gasteiger partial charge in [0.15, 0.2) is 11.4 Å². The van der Waals surface area contributed by atoms with Crippen molar-refractivity contribution in [3.05, 3.63) is 48.4 Å². The molecular formula is C23H28N8O3S. The van der Waals surface area contributed by atoms with Crippen LogP contribution in [-0.4, -0.2) is 59.0 Å². The maximum absolute atomic E-state index is 12.9. The quantitative estimate of drug-likeness (QED) is 0.292. The fourth-order valence-electron chi connectivity index (χ4n) is 4.18. The Kier molecular flexibility index (Phi) is 6.41. The van der Waals surface area contributed by atoms with Gasteiger partial charge in [0, 0.05) is 35.2 Å². The number of aromatic nitrogens is 5. The second-order valence-corrected chi connectivity index (χ2v) is 10.1. The molecule has 184 valence electrons. The third kappa shape index (κ3) is 4.85. The first-order valence-electron chi connectivity index (χ1n) is 11.6. The Morgan fingerprint density at radius 1 is 1.23 bits per heavy atom. The van der Waals surface area contributed by atoms with E-state index in [1.165, 1.54) is 0 Å². The predicted octanol–water partition coefficient (Wildman–Crippen LogP) is 2.60. The fourth-order valence-corrected chi connectivity index (χ4v) is 5.57. The Bertz CT molecular complexity index is 1430. The maximum Gasteiger partial charge on any atom is 0.247 e. The summed E-state index contributed by atoms with van der Waals surface area (Å²) in [5, 5.41) is 17.8. The summed E-state index contributed by atoms with van der Waals surface area (Å²) in [7, 11) is -3.60. The van der Waals surface area contributed by atoms with Gasteiger partial charge in [-0.15, -0.1) is 5.10 Å². The standard InChI is InChI=1S/C23H28N8O3S/c1-3-34-21-19(16-13-25-26-14-16)8-11-31-22(21)28-23(29-31)27-20-5-4-18(12-15(20)2)35(32,33)30-17-6-9-24-10-7-17/h4-5,8,11-14,17,24,30H,3,6-7,9-10H2,1-2H3,(H,25,26)(H,27,29). The van der Waals surface area contributed by atoms with Gasteiger partial charge in [0.1, 0.15) is 0 Å². The molecule has 1 aliphatic rings. The van der Waals surface area contributed by atoms with Gasteiger partial charge in [-0.2, -0.15) is 10.1 Å². The zero-order valence-electron chi connectivity index (χ0n) is 19.6. The number of aryl methyl sites for hydroxylation is 1. The molecule has 1 aromatic carbocycles. The largest absolute Gasteiger partial charge is 0.489 e. The number of nitrogens with zero attached hydrogens (tertiary/aromatic N) is 4. The number of sulfonamides is 1. The fraction of sp³-hybridized carbons (Fsp3) is 0.348. The minimum Gasteiger partial charge on any atom is -0.489 e. The smallest absolute Gasteiger partial charge is 0.247 e. The minimum atomic E-state index is -3.60. The van der Waals surface area contributed by atoms with E-state index in [4.69, 9.17) is 4.74 Å². The van der Waals surface area contributed by atoms with E-state index in [0.717, 1.165) is 48.3 Å². The van der Waals surface area contributed by atoms with Crippen LogP contribution < -0.4 is 20.1 Å². The van der Waals surface area contributed by atoms with E-state index in [9.17, 15) is 8.42 Å². The van der Waals surface area contributed by atoms with E-state index in [0.29, 0.717) is 24.0 Å². The van der Waals surface area contributed by atoms with E-state index >= 15 is 0 Å². The van der Waals surface area contributed by atoms with Crippen molar-refractivity contribution < 1.29 is 13.2 Å². The Balaban J connectivity index is 1.40. The zero-order chi connectivity index (χ0) is 24.4. The maximum atomic E-state index is 12.9. The zero-order valence-corrected chi connectivity index (χ0v) is 20.4. The number of anilines is 2. The number of nitrogens with one attached hydrogen (secondary N) is 4. The van der Waals surface area contributed by atoms with Gasteiger partial charge >= 0.3 is 0 Å². The Labute approximate surface area is 203 Å². The van der Waals surface area contributed by atoms with Crippen LogP contribution in [0.4, 0.5) is 11.6 Å². The first-order valence-corrected chi connectivity index (χ1v) is 13.0. The Hall–Kier alpha value is -3.48. The molecule has 4 aromatic rings. The van der Waals surface area contributed by atoms with Crippen LogP contribution in [-0.2, 0) is 10.0 Å². The molecule has 0 saturated carbocycles. The van der Waals surface area contributed by atoms with E-state index in [2.05, 4.69) is 35.6 Å². The van der Waals surface area contributed by atoms with Crippen molar-refractivity contribution in [2.75, 3.05) is 25.0 Å². The van der Waals surface area contributed by atoms with Gasteiger partial charge in [0.25, 0.3) is 0 Å². The molecule has 11 nitrogen and oxygen atoms in total. The molecule has 0 aliphatic carbocycles. The highest BCUT2D eigenvalue weighted by Gasteiger charge is 2.22. The van der Waals surface area contributed by atoms with Gasteiger partial charge in [-0.05, 0) is 69.6 Å². The third-order valence-corrected chi connectivity index (χ3v) is 7.49. The number of hydrogen-bond donors (Lipinski definition) is 4. The SMILES string of the molecule is CCOc1c(-c2cn[nH]c2)ccn2nc(Nc3ccc(S(=O)(=O)NC4CCNCC4)cc3C)nc12. The topological polar surface area (TPSA) is 138 Å². The Morgan fingerprint density at radius 3 is 2.77 bits per heavy atom. The van der Waals surface area contributed by atoms with Gasteiger partial charge < -0.3 is 15.4 Å². The van der Waals surface area contributed by atoms with Gasteiger partial charge in [-0.1, -0.05) is 0 Å². The van der Waals surface area contributed by atoms with Gasteiger partial charge in [-0.25, -0.2) is 17.7 Å². The number of benzene rings is 1. The molecular weight excluding hydrogens is 468 g/mol. The molecule has 4 N–H and O–H groups in total. The molecule has 4 heterocycles. The molecule has 0 amide bonds. The van der Waals surface area contributed by atoms with Crippen LogP contribution >= 0.6 is 0 Å². The Morgan fingerprint density at radius 2 is 2.06 bits per heavy atom. The highest BCUT2D eigenvalue weighted by atomic mass is 32.2. The first-order chi connectivity index (χ1) is 16.9. The van der Waals surface area contributed by atoms with Crippen molar-refractivity contribution in [2.24, 2.45) is 0 Å². The number of piperidine rings is 1. The lowest BCUT2D eigenvalue weighted by Crippen LogP contribution is -2.42. The van der Waals surface area contributed by atoms with Crippen LogP contribution in [0.3, 0.4) is 0 Å². The van der Waals surface area contributed by atoms with Crippen molar-refractivity contribution in [3.63, 3.8) is 0 Å². The third-order valence-electron chi connectivity index (χ3n) is 5.97. The number of ether oxygens (including phenoxy) is 1. The molecule has 1 aliphatic heterocycles. The predicted molar refractivity (Wildman–Crippen MR) is 132 cm³/mol. The van der Waals surface area contributed by atoms with Gasteiger partial charge in [0.05, 0.1) is 17.7 Å². The molecule has 1 saturated heterocycles. The van der Waals surface area contributed by atoms with Crippen molar-refractivity contribution in [1.82, 2.24) is 34.8 Å². The number of hydrogen-bond acceptors (Lipinski definition) is 8. The summed E-state index contributed by atoms with van der Waals surface area (Å²) in [6.45, 7) is 5.87. The molecule has 35 heavy (non-hydrogen) atoms. The van der Waals surface area contributed by atoms with Crippen LogP contribution in [0, 0.1) is 6.92 Å². The summed E-state index contributed by atoms with van der Waals surface area (Å²) in [6.07, 6.45) is 6.89. The summed E-state index contributed by atoms with van der Waals surface area (Å²) in [5.74, 6) is 0.987. The lowest BCUT2D eigenvalue weighted by Gasteiger charge is -2.23. The van der Waals surface area contributed by atoms with Gasteiger partial charge in [-0.3, -0.25) is 5.10 Å². The van der Waals surface area contributed by atoms with E-state index in [1.807, 2.05) is 26.1 Å². The normalized spacial score (nSPS) is 14.9.